The summed E-state index contributed by atoms with van der Waals surface area (Å²) in [6, 6.07) is 13.1. The van der Waals surface area contributed by atoms with E-state index in [2.05, 4.69) is 5.10 Å². The topological polar surface area (TPSA) is 109 Å². The van der Waals surface area contributed by atoms with Crippen molar-refractivity contribution in [3.8, 4) is 16.9 Å². The second kappa shape index (κ2) is 8.76. The minimum atomic E-state index is -4.61. The Bertz CT molecular complexity index is 1050. The zero-order valence-electron chi connectivity index (χ0n) is 14.0. The molecular weight excluding hydrogens is 406 g/mol. The molecule has 28 heavy (non-hydrogen) atoms. The van der Waals surface area contributed by atoms with Crippen LogP contribution >= 0.6 is 0 Å². The molecule has 146 valence electrons. The molecule has 0 unspecified atom stereocenters. The van der Waals surface area contributed by atoms with Crippen LogP contribution in [0.15, 0.2) is 59.5 Å². The van der Waals surface area contributed by atoms with Crippen LogP contribution in [0.4, 0.5) is 13.2 Å². The van der Waals surface area contributed by atoms with Crippen molar-refractivity contribution in [3.63, 3.8) is 0 Å². The Morgan fingerprint density at radius 3 is 2.00 bits per heavy atom. The van der Waals surface area contributed by atoms with Gasteiger partial charge in [0.2, 0.25) is 10.0 Å². The van der Waals surface area contributed by atoms with Crippen molar-refractivity contribution < 1.29 is 27.1 Å². The van der Waals surface area contributed by atoms with E-state index in [0.29, 0.717) is 5.56 Å². The third kappa shape index (κ3) is 5.22. The molecule has 0 saturated carbocycles. The maximum absolute atomic E-state index is 13.1. The molecular formula is C17H17F3N3NaO3S. The molecule has 0 aliphatic rings. The van der Waals surface area contributed by atoms with Gasteiger partial charge < -0.3 is 5.48 Å². The predicted octanol–water partition coefficient (Wildman–Crippen LogP) is 2.04. The molecule has 4 N–H and O–H groups in total. The Morgan fingerprint density at radius 1 is 1.00 bits per heavy atom. The van der Waals surface area contributed by atoms with Gasteiger partial charge in [0.25, 0.3) is 0 Å². The van der Waals surface area contributed by atoms with E-state index in [1.807, 2.05) is 6.92 Å². The van der Waals surface area contributed by atoms with E-state index in [9.17, 15) is 21.6 Å². The first-order valence-corrected chi connectivity index (χ1v) is 8.98. The van der Waals surface area contributed by atoms with Crippen molar-refractivity contribution in [3.05, 3.63) is 65.9 Å². The van der Waals surface area contributed by atoms with Crippen LogP contribution in [0.25, 0.3) is 16.9 Å². The molecule has 1 heterocycles. The van der Waals surface area contributed by atoms with Crippen LogP contribution in [-0.4, -0.2) is 53.2 Å². The van der Waals surface area contributed by atoms with E-state index in [0.717, 1.165) is 16.3 Å². The van der Waals surface area contributed by atoms with E-state index in [4.69, 9.17) is 5.14 Å². The summed E-state index contributed by atoms with van der Waals surface area (Å²) in [4.78, 5) is -0.138. The van der Waals surface area contributed by atoms with Gasteiger partial charge in [-0.05, 0) is 37.3 Å². The summed E-state index contributed by atoms with van der Waals surface area (Å²) in [5.74, 6) is 0. The van der Waals surface area contributed by atoms with Gasteiger partial charge in [-0.1, -0.05) is 29.8 Å². The number of alkyl halides is 3. The van der Waals surface area contributed by atoms with Gasteiger partial charge in [0.05, 0.1) is 16.3 Å². The molecule has 3 rings (SSSR count). The monoisotopic (exact) mass is 423 g/mol. The van der Waals surface area contributed by atoms with Crippen molar-refractivity contribution in [1.82, 2.24) is 9.78 Å². The summed E-state index contributed by atoms with van der Waals surface area (Å²) in [5, 5.41) is 8.70. The van der Waals surface area contributed by atoms with Crippen molar-refractivity contribution in [1.29, 1.82) is 0 Å². The third-order valence-electron chi connectivity index (χ3n) is 3.76. The summed E-state index contributed by atoms with van der Waals surface area (Å²) in [6.45, 7) is 1.87. The van der Waals surface area contributed by atoms with Gasteiger partial charge in [-0.25, -0.2) is 18.2 Å². The Balaban J connectivity index is 0.00000196. The number of aryl methyl sites for hydroxylation is 1. The van der Waals surface area contributed by atoms with Gasteiger partial charge >= 0.3 is 35.7 Å². The average Bonchev–Trinajstić information content (AvgIpc) is 3.00. The average molecular weight is 423 g/mol. The van der Waals surface area contributed by atoms with Crippen LogP contribution in [0, 0.1) is 6.92 Å². The Kier molecular flexibility index (Phi) is 7.62. The molecule has 3 aromatic rings. The number of hydrogen-bond acceptors (Lipinski definition) is 3. The molecule has 1 aromatic heterocycles. The number of nitrogens with zero attached hydrogens (tertiary/aromatic N) is 2. The van der Waals surface area contributed by atoms with Gasteiger partial charge in [-0.2, -0.15) is 18.3 Å². The second-order valence-corrected chi connectivity index (χ2v) is 7.29. The number of nitrogens with two attached hydrogens (primary N) is 1. The van der Waals surface area contributed by atoms with Gasteiger partial charge in [0.15, 0.2) is 5.69 Å². The van der Waals surface area contributed by atoms with E-state index >= 15 is 0 Å². The SMILES string of the molecule is Cc1ccc(-c2cc(C(F)(F)F)nn2-c2ccc(S(N)(=O)=O)cc2)cc1.O.[NaH]. The first-order valence-electron chi connectivity index (χ1n) is 7.43. The summed E-state index contributed by atoms with van der Waals surface area (Å²) in [7, 11) is -3.90. The van der Waals surface area contributed by atoms with E-state index in [1.165, 1.54) is 24.3 Å². The number of primary sulfonamides is 1. The molecule has 0 aliphatic carbocycles. The number of rotatable bonds is 3. The second-order valence-electron chi connectivity index (χ2n) is 5.73. The Labute approximate surface area is 181 Å². The number of halogens is 3. The first-order chi connectivity index (χ1) is 12.1. The van der Waals surface area contributed by atoms with Crippen molar-refractivity contribution in [2.75, 3.05) is 0 Å². The fraction of sp³-hybridized carbons (Fsp3) is 0.118. The molecule has 0 radical (unpaired) electrons. The molecule has 0 amide bonds. The molecule has 2 aromatic carbocycles. The zero-order chi connectivity index (χ0) is 19.1. The van der Waals surface area contributed by atoms with Crippen LogP contribution in [0.5, 0.6) is 0 Å². The van der Waals surface area contributed by atoms with Crippen molar-refractivity contribution in [2.45, 2.75) is 18.0 Å². The Hall–Kier alpha value is -1.69. The fourth-order valence-corrected chi connectivity index (χ4v) is 2.94. The number of hydrogen-bond donors (Lipinski definition) is 1. The van der Waals surface area contributed by atoms with Gasteiger partial charge in [0.1, 0.15) is 0 Å². The van der Waals surface area contributed by atoms with Crippen LogP contribution < -0.4 is 5.14 Å². The third-order valence-corrected chi connectivity index (χ3v) is 4.69. The van der Waals surface area contributed by atoms with Crippen LogP contribution in [0.2, 0.25) is 0 Å². The molecule has 0 bridgehead atoms. The number of aromatic nitrogens is 2. The van der Waals surface area contributed by atoms with Gasteiger partial charge in [-0.3, -0.25) is 0 Å². The molecule has 11 heteroatoms. The summed E-state index contributed by atoms with van der Waals surface area (Å²) in [5.41, 5.74) is 0.996. The van der Waals surface area contributed by atoms with Gasteiger partial charge in [-0.15, -0.1) is 0 Å². The minimum absolute atomic E-state index is 0. The van der Waals surface area contributed by atoms with Crippen LogP contribution in [0.3, 0.4) is 0 Å². The molecule has 0 fully saturated rings. The van der Waals surface area contributed by atoms with Crippen LogP contribution in [0.1, 0.15) is 11.3 Å². The van der Waals surface area contributed by atoms with Crippen LogP contribution in [-0.2, 0) is 16.2 Å². The zero-order valence-corrected chi connectivity index (χ0v) is 14.8. The van der Waals surface area contributed by atoms with Crippen molar-refractivity contribution in [2.24, 2.45) is 5.14 Å². The summed E-state index contributed by atoms with van der Waals surface area (Å²) >= 11 is 0. The molecule has 0 saturated heterocycles. The normalized spacial score (nSPS) is 11.5. The van der Waals surface area contributed by atoms with Crippen molar-refractivity contribution >= 4 is 39.6 Å². The first kappa shape index (κ1) is 24.3. The number of sulfonamides is 1. The van der Waals surface area contributed by atoms with E-state index in [1.54, 1.807) is 24.3 Å². The number of benzene rings is 2. The molecule has 0 atom stereocenters. The van der Waals surface area contributed by atoms with E-state index < -0.39 is 21.9 Å². The molecule has 0 spiro atoms. The Morgan fingerprint density at radius 2 is 1.54 bits per heavy atom. The molecule has 6 nitrogen and oxygen atoms in total. The quantitative estimate of drug-likeness (QED) is 0.651. The fourth-order valence-electron chi connectivity index (χ4n) is 2.42. The summed E-state index contributed by atoms with van der Waals surface area (Å²) < 4.78 is 63.2. The van der Waals surface area contributed by atoms with Gasteiger partial charge in [0, 0.05) is 5.56 Å². The molecule has 0 aliphatic heterocycles. The standard InChI is InChI=1S/C17H14F3N3O2S.Na.H2O.H/c1-11-2-4-12(5-3-11)15-10-16(17(18,19)20)22-23(15)13-6-8-14(9-7-13)26(21,24)25;;;/h2-10H,1H3,(H2,21,24,25);;1H2;. The van der Waals surface area contributed by atoms with E-state index in [-0.39, 0.29) is 51.3 Å². The maximum atomic E-state index is 13.1. The predicted molar refractivity (Wildman–Crippen MR) is 101 cm³/mol. The summed E-state index contributed by atoms with van der Waals surface area (Å²) in [6.07, 6.45) is -4.61.